The summed E-state index contributed by atoms with van der Waals surface area (Å²) in [6.07, 6.45) is 1.19. The van der Waals surface area contributed by atoms with Gasteiger partial charge in [0.1, 0.15) is 5.75 Å². The third-order valence-electron chi connectivity index (χ3n) is 4.51. The number of rotatable bonds is 3. The van der Waals surface area contributed by atoms with Crippen LogP contribution in [0.3, 0.4) is 0 Å². The number of anilines is 1. The monoisotopic (exact) mass is 349 g/mol. The molecule has 23 heavy (non-hydrogen) atoms. The molecular weight excluding hydrogens is 334 g/mol. The number of methoxy groups -OCH3 is 1. The summed E-state index contributed by atoms with van der Waals surface area (Å²) in [5.74, 6) is 0.563. The second kappa shape index (κ2) is 5.07. The van der Waals surface area contributed by atoms with Crippen molar-refractivity contribution < 1.29 is 17.9 Å². The first-order valence-corrected chi connectivity index (χ1v) is 9.66. The van der Waals surface area contributed by atoms with E-state index in [1.54, 1.807) is 29.6 Å². The fourth-order valence-corrected chi connectivity index (χ4v) is 6.36. The minimum Gasteiger partial charge on any atom is -0.494 e. The summed E-state index contributed by atoms with van der Waals surface area (Å²) >= 11 is 1.15. The van der Waals surface area contributed by atoms with E-state index in [0.717, 1.165) is 16.9 Å². The lowest BCUT2D eigenvalue weighted by Crippen LogP contribution is -2.29. The van der Waals surface area contributed by atoms with Crippen LogP contribution in [-0.2, 0) is 10.0 Å². The molecule has 2 heterocycles. The van der Waals surface area contributed by atoms with Gasteiger partial charge in [0.25, 0.3) is 10.0 Å². The minimum atomic E-state index is -3.69. The number of benzene rings is 1. The summed E-state index contributed by atoms with van der Waals surface area (Å²) in [5.41, 5.74) is 2.20. The van der Waals surface area contributed by atoms with Crippen LogP contribution in [-0.4, -0.2) is 27.9 Å². The van der Waals surface area contributed by atoms with Gasteiger partial charge in [-0.2, -0.15) is 0 Å². The molecule has 120 valence electrons. The fourth-order valence-electron chi connectivity index (χ4n) is 3.46. The second-order valence-corrected chi connectivity index (χ2v) is 8.68. The Hall–Kier alpha value is -1.86. The molecule has 0 spiro atoms. The van der Waals surface area contributed by atoms with Crippen LogP contribution >= 0.6 is 11.3 Å². The molecule has 0 N–H and O–H groups in total. The summed E-state index contributed by atoms with van der Waals surface area (Å²) in [4.78, 5) is 12.1. The number of ether oxygens (including phenoxy) is 1. The van der Waals surface area contributed by atoms with E-state index >= 15 is 0 Å². The predicted octanol–water partition coefficient (Wildman–Crippen LogP) is 3.03. The van der Waals surface area contributed by atoms with E-state index in [0.29, 0.717) is 36.4 Å². The van der Waals surface area contributed by atoms with E-state index in [1.807, 2.05) is 0 Å². The van der Waals surface area contributed by atoms with Gasteiger partial charge in [-0.05, 0) is 29.5 Å². The van der Waals surface area contributed by atoms with Gasteiger partial charge in [0.05, 0.1) is 12.8 Å². The number of hydrogen-bond acceptors (Lipinski definition) is 5. The van der Waals surface area contributed by atoms with Gasteiger partial charge in [0.2, 0.25) is 0 Å². The number of thiophene rings is 1. The molecule has 0 saturated carbocycles. The van der Waals surface area contributed by atoms with E-state index in [9.17, 15) is 13.2 Å². The van der Waals surface area contributed by atoms with Gasteiger partial charge in [-0.3, -0.25) is 9.10 Å². The van der Waals surface area contributed by atoms with E-state index in [2.05, 4.69) is 0 Å². The molecule has 0 amide bonds. The van der Waals surface area contributed by atoms with Crippen molar-refractivity contribution in [1.82, 2.24) is 0 Å². The Kier molecular flexibility index (Phi) is 3.24. The zero-order valence-electron chi connectivity index (χ0n) is 12.5. The van der Waals surface area contributed by atoms with Crippen LogP contribution in [0.5, 0.6) is 5.75 Å². The van der Waals surface area contributed by atoms with Crippen molar-refractivity contribution in [3.05, 3.63) is 40.8 Å². The molecule has 1 aliphatic heterocycles. The molecule has 0 bridgehead atoms. The molecule has 4 rings (SSSR count). The van der Waals surface area contributed by atoms with Gasteiger partial charge in [-0.25, -0.2) is 8.42 Å². The molecule has 1 unspecified atom stereocenters. The highest BCUT2D eigenvalue weighted by Gasteiger charge is 2.42. The van der Waals surface area contributed by atoms with Gasteiger partial charge >= 0.3 is 0 Å². The summed E-state index contributed by atoms with van der Waals surface area (Å²) < 4.78 is 33.0. The largest absolute Gasteiger partial charge is 0.494 e. The molecule has 1 aromatic heterocycles. The Balaban J connectivity index is 1.87. The molecule has 0 saturated heterocycles. The highest BCUT2D eigenvalue weighted by atomic mass is 32.2. The number of Topliss-reactive ketones (excluding diaryl/α,β-unsaturated/α-hetero) is 1. The van der Waals surface area contributed by atoms with Gasteiger partial charge in [0.15, 0.2) is 9.99 Å². The lowest BCUT2D eigenvalue weighted by atomic mass is 9.83. The highest BCUT2D eigenvalue weighted by molar-refractivity contribution is 7.94. The van der Waals surface area contributed by atoms with Crippen molar-refractivity contribution in [2.45, 2.75) is 23.0 Å². The second-order valence-electron chi connectivity index (χ2n) is 5.71. The topological polar surface area (TPSA) is 63.7 Å². The van der Waals surface area contributed by atoms with E-state index in [-0.39, 0.29) is 15.9 Å². The maximum absolute atomic E-state index is 13.1. The molecular formula is C16H15NO4S2. The SMILES string of the molecule is COc1ccsc1S(=O)(=O)N1CC2CCC(=O)c3cccc1c32. The lowest BCUT2D eigenvalue weighted by Gasteiger charge is -2.19. The number of carbonyl (C=O) groups is 1. The maximum atomic E-state index is 13.1. The summed E-state index contributed by atoms with van der Waals surface area (Å²) in [7, 11) is -2.22. The van der Waals surface area contributed by atoms with Gasteiger partial charge in [-0.1, -0.05) is 12.1 Å². The van der Waals surface area contributed by atoms with Crippen LogP contribution in [0.1, 0.15) is 34.7 Å². The molecule has 0 fully saturated rings. The zero-order valence-corrected chi connectivity index (χ0v) is 14.1. The number of hydrogen-bond donors (Lipinski definition) is 0. The molecule has 0 radical (unpaired) electrons. The molecule has 5 nitrogen and oxygen atoms in total. The van der Waals surface area contributed by atoms with Crippen molar-refractivity contribution in [3.63, 3.8) is 0 Å². The first kappa shape index (κ1) is 14.7. The molecule has 1 aliphatic carbocycles. The summed E-state index contributed by atoms with van der Waals surface area (Å²) in [6, 6.07) is 7.00. The summed E-state index contributed by atoms with van der Waals surface area (Å²) in [6.45, 7) is 0.392. The highest BCUT2D eigenvalue weighted by Crippen LogP contribution is 2.47. The number of ketones is 1. The van der Waals surface area contributed by atoms with Gasteiger partial charge in [0, 0.05) is 24.4 Å². The quantitative estimate of drug-likeness (QED) is 0.854. The van der Waals surface area contributed by atoms with Crippen molar-refractivity contribution in [3.8, 4) is 5.75 Å². The third-order valence-corrected chi connectivity index (χ3v) is 7.71. The van der Waals surface area contributed by atoms with Crippen LogP contribution in [0.4, 0.5) is 5.69 Å². The molecule has 2 aromatic rings. The van der Waals surface area contributed by atoms with E-state index in [4.69, 9.17) is 4.74 Å². The molecule has 2 aliphatic rings. The van der Waals surface area contributed by atoms with E-state index in [1.165, 1.54) is 11.4 Å². The number of sulfonamides is 1. The Labute approximate surface area is 138 Å². The van der Waals surface area contributed by atoms with E-state index < -0.39 is 10.0 Å². The van der Waals surface area contributed by atoms with Crippen LogP contribution in [0.25, 0.3) is 0 Å². The Morgan fingerprint density at radius 2 is 2.13 bits per heavy atom. The average Bonchev–Trinajstić information content (AvgIpc) is 3.17. The average molecular weight is 349 g/mol. The molecule has 7 heteroatoms. The van der Waals surface area contributed by atoms with Crippen LogP contribution < -0.4 is 9.04 Å². The first-order valence-electron chi connectivity index (χ1n) is 7.34. The van der Waals surface area contributed by atoms with Crippen LogP contribution in [0, 0.1) is 0 Å². The standard InChI is InChI=1S/C16H15NO4S2/c1-21-14-7-8-22-16(14)23(19,20)17-9-10-5-6-13(18)11-3-2-4-12(17)15(10)11/h2-4,7-8,10H,5-6,9H2,1H3. The first-order chi connectivity index (χ1) is 11.0. The van der Waals surface area contributed by atoms with Crippen LogP contribution in [0.15, 0.2) is 33.9 Å². The minimum absolute atomic E-state index is 0.0969. The number of carbonyl (C=O) groups excluding carboxylic acids is 1. The van der Waals surface area contributed by atoms with Gasteiger partial charge in [-0.15, -0.1) is 11.3 Å². The van der Waals surface area contributed by atoms with Gasteiger partial charge < -0.3 is 4.74 Å². The lowest BCUT2D eigenvalue weighted by molar-refractivity contribution is 0.0968. The van der Waals surface area contributed by atoms with Crippen molar-refractivity contribution >= 4 is 32.8 Å². The van der Waals surface area contributed by atoms with Crippen molar-refractivity contribution in [2.75, 3.05) is 18.0 Å². The maximum Gasteiger partial charge on any atom is 0.277 e. The molecule has 1 atom stereocenters. The Morgan fingerprint density at radius 1 is 1.30 bits per heavy atom. The fraction of sp³-hybridized carbons (Fsp3) is 0.312. The normalized spacial score (nSPS) is 19.8. The van der Waals surface area contributed by atoms with Crippen molar-refractivity contribution in [2.24, 2.45) is 0 Å². The third kappa shape index (κ3) is 2.03. The van der Waals surface area contributed by atoms with Crippen molar-refractivity contribution in [1.29, 1.82) is 0 Å². The number of nitrogens with zero attached hydrogens (tertiary/aromatic N) is 1. The summed E-state index contributed by atoms with van der Waals surface area (Å²) in [5, 5.41) is 1.71. The Bertz CT molecular complexity index is 901. The smallest absolute Gasteiger partial charge is 0.277 e. The van der Waals surface area contributed by atoms with Crippen LogP contribution in [0.2, 0.25) is 0 Å². The predicted molar refractivity (Wildman–Crippen MR) is 88.2 cm³/mol. The Morgan fingerprint density at radius 3 is 2.91 bits per heavy atom. The zero-order chi connectivity index (χ0) is 16.2. The molecule has 1 aromatic carbocycles.